The van der Waals surface area contributed by atoms with Crippen LogP contribution in [-0.2, 0) is 11.3 Å². The smallest absolute Gasteiger partial charge is 0.255 e. The Balaban J connectivity index is 1.21. The first kappa shape index (κ1) is 28.1. The number of carbonyl (C=O) groups excluding carboxylic acids is 2. The lowest BCUT2D eigenvalue weighted by atomic mass is 10.1. The van der Waals surface area contributed by atoms with Gasteiger partial charge in [0.05, 0.1) is 7.11 Å². The summed E-state index contributed by atoms with van der Waals surface area (Å²) in [4.78, 5) is 27.4. The number of aryl methyl sites for hydroxylation is 1. The van der Waals surface area contributed by atoms with Gasteiger partial charge in [-0.05, 0) is 85.3 Å². The van der Waals surface area contributed by atoms with Crippen LogP contribution in [0.15, 0.2) is 126 Å². The van der Waals surface area contributed by atoms with Crippen LogP contribution in [0.25, 0.3) is 21.8 Å². The van der Waals surface area contributed by atoms with Gasteiger partial charge in [0.2, 0.25) is 5.91 Å². The lowest BCUT2D eigenvalue weighted by molar-refractivity contribution is -0.115. The van der Waals surface area contributed by atoms with E-state index < -0.39 is 5.25 Å². The lowest BCUT2D eigenvalue weighted by Crippen LogP contribution is -2.19. The summed E-state index contributed by atoms with van der Waals surface area (Å²) in [6, 6.07) is 38.7. The molecule has 0 aliphatic rings. The molecule has 0 radical (unpaired) electrons. The van der Waals surface area contributed by atoms with Crippen LogP contribution in [0.1, 0.15) is 28.1 Å². The summed E-state index contributed by atoms with van der Waals surface area (Å²) in [6.45, 7) is 3.01. The van der Waals surface area contributed by atoms with Crippen molar-refractivity contribution in [3.8, 4) is 5.75 Å². The van der Waals surface area contributed by atoms with Crippen LogP contribution in [0.4, 0.5) is 11.4 Å². The lowest BCUT2D eigenvalue weighted by Gasteiger charge is -2.18. The molecule has 214 valence electrons. The summed E-state index contributed by atoms with van der Waals surface area (Å²) < 4.78 is 7.46. The molecule has 7 heteroatoms. The molecule has 1 atom stereocenters. The van der Waals surface area contributed by atoms with Crippen molar-refractivity contribution in [2.24, 2.45) is 0 Å². The molecule has 2 amide bonds. The van der Waals surface area contributed by atoms with Crippen LogP contribution in [0.2, 0.25) is 0 Å². The van der Waals surface area contributed by atoms with Crippen LogP contribution >= 0.6 is 11.8 Å². The Morgan fingerprint density at radius 1 is 0.744 bits per heavy atom. The second-order valence-electron chi connectivity index (χ2n) is 10.1. The zero-order valence-corrected chi connectivity index (χ0v) is 24.7. The average molecular weight is 586 g/mol. The number of fused-ring (bicyclic) bond motifs is 3. The van der Waals surface area contributed by atoms with Gasteiger partial charge in [-0.3, -0.25) is 9.59 Å². The van der Waals surface area contributed by atoms with E-state index in [1.54, 1.807) is 31.4 Å². The fourth-order valence-electron chi connectivity index (χ4n) is 5.28. The molecule has 2 N–H and O–H groups in total. The number of ether oxygens (including phenoxy) is 1. The SMILES string of the molecule is CCn1c2ccccc2c2cc(NC(=O)C(Sc3ccc(NC(=O)c4ccc(OC)cc4)cc3)c3ccccc3)ccc21. The zero-order valence-electron chi connectivity index (χ0n) is 23.9. The molecule has 43 heavy (non-hydrogen) atoms. The molecule has 6 nitrogen and oxygen atoms in total. The number of thioether (sulfide) groups is 1. The van der Waals surface area contributed by atoms with Gasteiger partial charge in [-0.2, -0.15) is 0 Å². The predicted octanol–water partition coefficient (Wildman–Crippen LogP) is 8.55. The fraction of sp³-hybridized carbons (Fsp3) is 0.111. The van der Waals surface area contributed by atoms with E-state index in [-0.39, 0.29) is 11.8 Å². The third kappa shape index (κ3) is 5.98. The number of nitrogens with zero attached hydrogens (tertiary/aromatic N) is 1. The van der Waals surface area contributed by atoms with Gasteiger partial charge in [-0.25, -0.2) is 0 Å². The third-order valence-electron chi connectivity index (χ3n) is 7.41. The minimum Gasteiger partial charge on any atom is -0.497 e. The van der Waals surface area contributed by atoms with E-state index >= 15 is 0 Å². The van der Waals surface area contributed by atoms with Crippen molar-refractivity contribution in [2.75, 3.05) is 17.7 Å². The van der Waals surface area contributed by atoms with E-state index in [0.29, 0.717) is 17.0 Å². The number of anilines is 2. The maximum Gasteiger partial charge on any atom is 0.255 e. The Kier molecular flexibility index (Phi) is 8.16. The molecule has 0 bridgehead atoms. The molecule has 0 spiro atoms. The van der Waals surface area contributed by atoms with Crippen LogP contribution in [-0.4, -0.2) is 23.5 Å². The number of methoxy groups -OCH3 is 1. The van der Waals surface area contributed by atoms with E-state index in [9.17, 15) is 9.59 Å². The molecule has 1 heterocycles. The van der Waals surface area contributed by atoms with Gasteiger partial charge in [0, 0.05) is 50.2 Å². The first-order chi connectivity index (χ1) is 21.0. The second kappa shape index (κ2) is 12.5. The highest BCUT2D eigenvalue weighted by Gasteiger charge is 2.23. The molecule has 0 saturated heterocycles. The van der Waals surface area contributed by atoms with Crippen LogP contribution in [0, 0.1) is 0 Å². The van der Waals surface area contributed by atoms with E-state index in [1.165, 1.54) is 22.7 Å². The molecule has 0 aliphatic carbocycles. The van der Waals surface area contributed by atoms with Crippen molar-refractivity contribution < 1.29 is 14.3 Å². The minimum absolute atomic E-state index is 0.105. The number of hydrogen-bond donors (Lipinski definition) is 2. The summed E-state index contributed by atoms with van der Waals surface area (Å²) in [5.41, 5.74) is 5.21. The predicted molar refractivity (Wildman–Crippen MR) is 176 cm³/mol. The van der Waals surface area contributed by atoms with Gasteiger partial charge in [0.15, 0.2) is 0 Å². The number of amides is 2. The van der Waals surface area contributed by atoms with Gasteiger partial charge in [0.1, 0.15) is 11.0 Å². The Morgan fingerprint density at radius 3 is 2.14 bits per heavy atom. The molecule has 1 unspecified atom stereocenters. The Morgan fingerprint density at radius 2 is 1.42 bits per heavy atom. The molecular weight excluding hydrogens is 554 g/mol. The highest BCUT2D eigenvalue weighted by Crippen LogP contribution is 2.37. The minimum atomic E-state index is -0.478. The van der Waals surface area contributed by atoms with E-state index in [2.05, 4.69) is 52.5 Å². The van der Waals surface area contributed by atoms with Crippen molar-refractivity contribution in [1.82, 2.24) is 4.57 Å². The Bertz CT molecular complexity index is 1900. The fourth-order valence-corrected chi connectivity index (χ4v) is 6.30. The van der Waals surface area contributed by atoms with Crippen LogP contribution in [0.3, 0.4) is 0 Å². The van der Waals surface area contributed by atoms with Crippen molar-refractivity contribution in [3.63, 3.8) is 0 Å². The normalized spacial score (nSPS) is 11.8. The summed E-state index contributed by atoms with van der Waals surface area (Å²) in [5.74, 6) is 0.384. The third-order valence-corrected chi connectivity index (χ3v) is 8.68. The molecule has 6 rings (SSSR count). The molecule has 1 aromatic heterocycles. The highest BCUT2D eigenvalue weighted by atomic mass is 32.2. The Labute approximate surface area is 254 Å². The van der Waals surface area contributed by atoms with Crippen molar-refractivity contribution in [3.05, 3.63) is 132 Å². The highest BCUT2D eigenvalue weighted by molar-refractivity contribution is 8.00. The number of aromatic nitrogens is 1. The quantitative estimate of drug-likeness (QED) is 0.167. The number of nitrogens with one attached hydrogen (secondary N) is 2. The first-order valence-electron chi connectivity index (χ1n) is 14.1. The van der Waals surface area contributed by atoms with E-state index in [4.69, 9.17) is 4.74 Å². The van der Waals surface area contributed by atoms with Gasteiger partial charge < -0.3 is 19.9 Å². The molecule has 0 fully saturated rings. The standard InChI is InChI=1S/C36H31N3O3S/c1-3-39-32-12-8-7-11-30(32)31-23-27(17-22-33(31)39)38-36(41)34(24-9-5-4-6-10-24)43-29-20-15-26(16-21-29)37-35(40)25-13-18-28(42-2)19-14-25/h4-23,34H,3H2,1-2H3,(H,37,40)(H,38,41). The van der Waals surface area contributed by atoms with Crippen molar-refractivity contribution in [2.45, 2.75) is 23.6 Å². The molecular formula is C36H31N3O3S. The largest absolute Gasteiger partial charge is 0.497 e. The van der Waals surface area contributed by atoms with Crippen LogP contribution < -0.4 is 15.4 Å². The van der Waals surface area contributed by atoms with E-state index in [0.717, 1.165) is 33.6 Å². The maximum absolute atomic E-state index is 13.8. The molecule has 6 aromatic rings. The van der Waals surface area contributed by atoms with Gasteiger partial charge in [0.25, 0.3) is 5.91 Å². The monoisotopic (exact) mass is 585 g/mol. The van der Waals surface area contributed by atoms with Gasteiger partial charge in [-0.1, -0.05) is 48.5 Å². The second-order valence-corrected chi connectivity index (χ2v) is 11.3. The summed E-state index contributed by atoms with van der Waals surface area (Å²) >= 11 is 1.47. The summed E-state index contributed by atoms with van der Waals surface area (Å²) in [5, 5.41) is 7.91. The maximum atomic E-state index is 13.8. The molecule has 0 saturated carbocycles. The van der Waals surface area contributed by atoms with E-state index in [1.807, 2.05) is 66.7 Å². The number of carbonyl (C=O) groups is 2. The summed E-state index contributed by atoms with van der Waals surface area (Å²) in [7, 11) is 1.59. The zero-order chi connectivity index (χ0) is 29.8. The summed E-state index contributed by atoms with van der Waals surface area (Å²) in [6.07, 6.45) is 0. The number of hydrogen-bond acceptors (Lipinski definition) is 4. The average Bonchev–Trinajstić information content (AvgIpc) is 3.37. The molecule has 5 aromatic carbocycles. The molecule has 0 aliphatic heterocycles. The topological polar surface area (TPSA) is 72.4 Å². The van der Waals surface area contributed by atoms with Crippen molar-refractivity contribution >= 4 is 56.8 Å². The van der Waals surface area contributed by atoms with Crippen molar-refractivity contribution in [1.29, 1.82) is 0 Å². The first-order valence-corrected chi connectivity index (χ1v) is 15.0. The van der Waals surface area contributed by atoms with Gasteiger partial charge in [-0.15, -0.1) is 11.8 Å². The number of rotatable bonds is 9. The number of para-hydroxylation sites is 1. The van der Waals surface area contributed by atoms with Crippen LogP contribution in [0.5, 0.6) is 5.75 Å². The number of benzene rings is 5. The Hall–Kier alpha value is -5.01. The van der Waals surface area contributed by atoms with Gasteiger partial charge >= 0.3 is 0 Å².